The van der Waals surface area contributed by atoms with E-state index < -0.39 is 12.7 Å². The van der Waals surface area contributed by atoms with E-state index in [1.165, 1.54) is 36.4 Å². The zero-order valence-corrected chi connectivity index (χ0v) is 17.9. The topological polar surface area (TPSA) is 76.8 Å². The van der Waals surface area contributed by atoms with Crippen LogP contribution in [0.2, 0.25) is 0 Å². The zero-order valence-electron chi connectivity index (χ0n) is 17.9. The van der Waals surface area contributed by atoms with Crippen LogP contribution in [0.1, 0.15) is 19.3 Å². The van der Waals surface area contributed by atoms with E-state index in [0.29, 0.717) is 17.9 Å². The molecule has 0 aliphatic carbocycles. The van der Waals surface area contributed by atoms with Crippen LogP contribution in [0.25, 0.3) is 0 Å². The van der Waals surface area contributed by atoms with Crippen molar-refractivity contribution >= 4 is 17.3 Å². The number of hydrogen-bond acceptors (Lipinski definition) is 5. The number of benzene rings is 2. The lowest BCUT2D eigenvalue weighted by Gasteiger charge is -2.32. The molecule has 2 aliphatic rings. The number of nitrogens with zero attached hydrogens (tertiary/aromatic N) is 1. The molecule has 0 radical (unpaired) electrons. The number of hydrogen-bond donors (Lipinski definition) is 2. The third-order valence-corrected chi connectivity index (χ3v) is 5.57. The molecule has 1 spiro atoms. The van der Waals surface area contributed by atoms with Crippen LogP contribution in [-0.2, 0) is 4.79 Å². The fourth-order valence-electron chi connectivity index (χ4n) is 3.93. The molecule has 0 saturated carbocycles. The predicted octanol–water partition coefficient (Wildman–Crippen LogP) is 4.86. The highest BCUT2D eigenvalue weighted by Gasteiger charge is 2.47. The molecule has 1 amide bonds. The van der Waals surface area contributed by atoms with Crippen LogP contribution in [0, 0.1) is 5.41 Å². The molecule has 2 aromatic carbocycles. The number of nitrogens with two attached hydrogens (primary N) is 1. The van der Waals surface area contributed by atoms with Gasteiger partial charge in [0.05, 0.1) is 5.41 Å². The number of nitrogen functional groups attached to an aromatic ring is 1. The Morgan fingerprint density at radius 3 is 1.74 bits per heavy atom. The molecule has 2 aliphatic heterocycles. The minimum absolute atomic E-state index is 0.0819. The lowest BCUT2D eigenvalue weighted by atomic mass is 9.78. The van der Waals surface area contributed by atoms with Crippen molar-refractivity contribution in [1.82, 2.24) is 5.32 Å². The van der Waals surface area contributed by atoms with Gasteiger partial charge in [0.1, 0.15) is 11.5 Å². The summed E-state index contributed by atoms with van der Waals surface area (Å²) in [6.07, 6.45) is -6.91. The van der Waals surface area contributed by atoms with Gasteiger partial charge >= 0.3 is 12.7 Å². The lowest BCUT2D eigenvalue weighted by Crippen LogP contribution is -2.42. The highest BCUT2D eigenvalue weighted by molar-refractivity contribution is 6.00. The average Bonchev–Trinajstić information content (AvgIpc) is 3.05. The van der Waals surface area contributed by atoms with E-state index in [4.69, 9.17) is 5.73 Å². The van der Waals surface area contributed by atoms with Gasteiger partial charge in [0.2, 0.25) is 5.91 Å². The van der Waals surface area contributed by atoms with Crippen molar-refractivity contribution in [3.63, 3.8) is 0 Å². The number of carbonyl (C=O) groups excluding carboxylic acids is 1. The first-order valence-corrected chi connectivity index (χ1v) is 10.4. The van der Waals surface area contributed by atoms with Gasteiger partial charge < -0.3 is 25.4 Å². The summed E-state index contributed by atoms with van der Waals surface area (Å²) in [5.41, 5.74) is 5.97. The van der Waals surface area contributed by atoms with Crippen LogP contribution in [0.5, 0.6) is 11.5 Å². The Balaban J connectivity index is 0.000000229. The van der Waals surface area contributed by atoms with Crippen LogP contribution >= 0.6 is 0 Å². The van der Waals surface area contributed by atoms with Crippen molar-refractivity contribution in [1.29, 1.82) is 0 Å². The van der Waals surface area contributed by atoms with E-state index in [1.807, 2.05) is 0 Å². The Labute approximate surface area is 191 Å². The molecule has 0 atom stereocenters. The summed E-state index contributed by atoms with van der Waals surface area (Å²) in [7, 11) is 0. The van der Waals surface area contributed by atoms with Crippen LogP contribution in [0.4, 0.5) is 37.7 Å². The highest BCUT2D eigenvalue weighted by atomic mass is 19.4. The van der Waals surface area contributed by atoms with Crippen LogP contribution in [-0.4, -0.2) is 38.3 Å². The summed E-state index contributed by atoms with van der Waals surface area (Å²) in [5.74, 6) is -0.463. The fourth-order valence-corrected chi connectivity index (χ4v) is 3.93. The van der Waals surface area contributed by atoms with Gasteiger partial charge in [-0.2, -0.15) is 0 Å². The maximum atomic E-state index is 12.7. The second kappa shape index (κ2) is 10.00. The summed E-state index contributed by atoms with van der Waals surface area (Å²) in [5, 5.41) is 3.25. The SMILES string of the molecule is Nc1ccc(OC(F)(F)F)cc1.O=C1N(c2ccc(OC(F)(F)F)cc2)CCC12CCNCC2. The predicted molar refractivity (Wildman–Crippen MR) is 112 cm³/mol. The Bertz CT molecular complexity index is 956. The number of halogens is 6. The van der Waals surface area contributed by atoms with Crippen LogP contribution in [0.3, 0.4) is 0 Å². The molecule has 0 bridgehead atoms. The summed E-state index contributed by atoms with van der Waals surface area (Å²) < 4.78 is 78.7. The number of rotatable bonds is 3. The minimum atomic E-state index is -4.70. The van der Waals surface area contributed by atoms with Gasteiger partial charge in [-0.25, -0.2) is 0 Å². The van der Waals surface area contributed by atoms with Crippen molar-refractivity contribution in [2.24, 2.45) is 5.41 Å². The first-order valence-electron chi connectivity index (χ1n) is 10.4. The normalized spacial score (nSPS) is 17.8. The van der Waals surface area contributed by atoms with E-state index in [9.17, 15) is 31.1 Å². The number of alkyl halides is 6. The van der Waals surface area contributed by atoms with E-state index in [2.05, 4.69) is 14.8 Å². The van der Waals surface area contributed by atoms with Gasteiger partial charge in [-0.05, 0) is 80.9 Å². The molecule has 3 N–H and O–H groups in total. The number of anilines is 2. The maximum absolute atomic E-state index is 12.7. The molecule has 2 aromatic rings. The van der Waals surface area contributed by atoms with Crippen molar-refractivity contribution in [2.75, 3.05) is 30.3 Å². The van der Waals surface area contributed by atoms with Crippen molar-refractivity contribution in [2.45, 2.75) is 32.0 Å². The quantitative estimate of drug-likeness (QED) is 0.474. The molecule has 2 fully saturated rings. The first kappa shape index (κ1) is 25.5. The second-order valence-corrected chi connectivity index (χ2v) is 7.90. The number of carbonyl (C=O) groups is 1. The number of piperidine rings is 1. The molecule has 186 valence electrons. The number of amides is 1. The third kappa shape index (κ3) is 6.92. The zero-order chi connectivity index (χ0) is 25.0. The molecular weight excluding hydrogens is 468 g/mol. The minimum Gasteiger partial charge on any atom is -0.406 e. The Kier molecular flexibility index (Phi) is 7.49. The molecule has 0 unspecified atom stereocenters. The molecular formula is C22H23F6N3O3. The Hall–Kier alpha value is -3.15. The molecule has 2 heterocycles. The first-order chi connectivity index (χ1) is 15.9. The molecule has 4 rings (SSSR count). The maximum Gasteiger partial charge on any atom is 0.573 e. The van der Waals surface area contributed by atoms with Crippen molar-refractivity contribution in [3.8, 4) is 11.5 Å². The van der Waals surface area contributed by atoms with Crippen LogP contribution < -0.4 is 25.4 Å². The molecule has 2 saturated heterocycles. The van der Waals surface area contributed by atoms with Gasteiger partial charge in [0.15, 0.2) is 0 Å². The molecule has 12 heteroatoms. The monoisotopic (exact) mass is 491 g/mol. The van der Waals surface area contributed by atoms with E-state index in [1.54, 1.807) is 4.90 Å². The van der Waals surface area contributed by atoms with Gasteiger partial charge in [0.25, 0.3) is 0 Å². The summed E-state index contributed by atoms with van der Waals surface area (Å²) in [4.78, 5) is 14.4. The average molecular weight is 491 g/mol. The molecule has 0 aromatic heterocycles. The lowest BCUT2D eigenvalue weighted by molar-refractivity contribution is -0.275. The van der Waals surface area contributed by atoms with Gasteiger partial charge in [0, 0.05) is 17.9 Å². The third-order valence-electron chi connectivity index (χ3n) is 5.57. The highest BCUT2D eigenvalue weighted by Crippen LogP contribution is 2.42. The van der Waals surface area contributed by atoms with Gasteiger partial charge in [-0.15, -0.1) is 26.3 Å². The standard InChI is InChI=1S/C15H17F3N2O2.C7H6F3NO/c16-15(17,18)22-12-3-1-11(2-4-12)20-10-7-14(13(20)21)5-8-19-9-6-14;8-7(9,10)12-6-3-1-5(11)2-4-6/h1-4,19H,5-10H2;1-4H,11H2. The summed E-state index contributed by atoms with van der Waals surface area (Å²) in [6.45, 7) is 2.27. The molecule has 6 nitrogen and oxygen atoms in total. The van der Waals surface area contributed by atoms with Gasteiger partial charge in [-0.3, -0.25) is 4.79 Å². The summed E-state index contributed by atoms with van der Waals surface area (Å²) in [6, 6.07) is 10.5. The van der Waals surface area contributed by atoms with E-state index in [0.717, 1.165) is 44.5 Å². The Morgan fingerprint density at radius 2 is 1.26 bits per heavy atom. The van der Waals surface area contributed by atoms with E-state index in [-0.39, 0.29) is 22.8 Å². The fraction of sp³-hybridized carbons (Fsp3) is 0.409. The Morgan fingerprint density at radius 1 is 0.794 bits per heavy atom. The summed E-state index contributed by atoms with van der Waals surface area (Å²) >= 11 is 0. The number of ether oxygens (including phenoxy) is 2. The second-order valence-electron chi connectivity index (χ2n) is 7.90. The van der Waals surface area contributed by atoms with Crippen LogP contribution in [0.15, 0.2) is 48.5 Å². The van der Waals surface area contributed by atoms with Gasteiger partial charge in [-0.1, -0.05) is 0 Å². The molecule has 34 heavy (non-hydrogen) atoms. The van der Waals surface area contributed by atoms with Crippen molar-refractivity contribution < 1.29 is 40.6 Å². The van der Waals surface area contributed by atoms with E-state index >= 15 is 0 Å². The smallest absolute Gasteiger partial charge is 0.406 e. The number of nitrogens with one attached hydrogen (secondary N) is 1. The largest absolute Gasteiger partial charge is 0.573 e. The van der Waals surface area contributed by atoms with Crippen molar-refractivity contribution in [3.05, 3.63) is 48.5 Å².